The Labute approximate surface area is 215 Å². The molecule has 8 heteroatoms. The number of amides is 3. The highest BCUT2D eigenvalue weighted by Gasteiger charge is 2.42. The summed E-state index contributed by atoms with van der Waals surface area (Å²) in [6.45, 7) is 8.31. The van der Waals surface area contributed by atoms with Crippen LogP contribution in [0.25, 0.3) is 6.08 Å². The monoisotopic (exact) mass is 499 g/mol. The largest absolute Gasteiger partial charge is 0.493 e. The summed E-state index contributed by atoms with van der Waals surface area (Å²) in [5, 5.41) is 3.02. The number of urea groups is 1. The first-order valence-electron chi connectivity index (χ1n) is 13.3. The molecular formula is C28H41N3O5. The van der Waals surface area contributed by atoms with Crippen LogP contribution in [0.4, 0.5) is 4.79 Å². The second kappa shape index (κ2) is 13.9. The van der Waals surface area contributed by atoms with Crippen molar-refractivity contribution in [2.24, 2.45) is 5.41 Å². The summed E-state index contributed by atoms with van der Waals surface area (Å²) in [5.41, 5.74) is 1.01. The Kier molecular flexibility index (Phi) is 10.6. The van der Waals surface area contributed by atoms with Gasteiger partial charge in [0.05, 0.1) is 13.2 Å². The molecule has 0 unspecified atom stereocenters. The van der Waals surface area contributed by atoms with Crippen molar-refractivity contribution < 1.29 is 23.9 Å². The molecule has 8 nitrogen and oxygen atoms in total. The molecule has 2 aliphatic rings. The van der Waals surface area contributed by atoms with Gasteiger partial charge in [-0.1, -0.05) is 24.6 Å². The number of hydrogen-bond acceptors (Lipinski definition) is 5. The predicted molar refractivity (Wildman–Crippen MR) is 140 cm³/mol. The molecule has 2 heterocycles. The first-order valence-corrected chi connectivity index (χ1v) is 13.3. The number of unbranched alkanes of at least 4 members (excludes halogenated alkanes) is 2. The molecule has 1 N–H and O–H groups in total. The number of para-hydroxylation sites is 1. The molecule has 0 bridgehead atoms. The summed E-state index contributed by atoms with van der Waals surface area (Å²) in [5.74, 6) is 0.647. The Balaban J connectivity index is 1.37. The summed E-state index contributed by atoms with van der Waals surface area (Å²) in [7, 11) is 0. The zero-order valence-corrected chi connectivity index (χ0v) is 21.8. The normalized spacial score (nSPS) is 16.9. The van der Waals surface area contributed by atoms with Crippen molar-refractivity contribution >= 4 is 24.0 Å². The molecule has 1 spiro atoms. The highest BCUT2D eigenvalue weighted by Crippen LogP contribution is 2.40. The predicted octanol–water partition coefficient (Wildman–Crippen LogP) is 4.25. The zero-order valence-electron chi connectivity index (χ0n) is 21.8. The van der Waals surface area contributed by atoms with Crippen LogP contribution in [-0.2, 0) is 14.3 Å². The van der Waals surface area contributed by atoms with E-state index in [0.29, 0.717) is 39.3 Å². The molecule has 0 radical (unpaired) electrons. The lowest BCUT2D eigenvalue weighted by Crippen LogP contribution is -2.45. The number of rotatable bonds is 11. The van der Waals surface area contributed by atoms with Crippen molar-refractivity contribution in [3.63, 3.8) is 0 Å². The number of piperidine rings is 1. The topological polar surface area (TPSA) is 88.2 Å². The van der Waals surface area contributed by atoms with E-state index < -0.39 is 0 Å². The average Bonchev–Trinajstić information content (AvgIpc) is 3.29. The van der Waals surface area contributed by atoms with Crippen molar-refractivity contribution in [3.05, 3.63) is 35.9 Å². The quantitative estimate of drug-likeness (QED) is 0.279. The van der Waals surface area contributed by atoms with Crippen LogP contribution in [0.1, 0.15) is 64.4 Å². The highest BCUT2D eigenvalue weighted by atomic mass is 16.5. The van der Waals surface area contributed by atoms with E-state index in [-0.39, 0.29) is 23.3 Å². The van der Waals surface area contributed by atoms with E-state index in [1.54, 1.807) is 6.08 Å². The van der Waals surface area contributed by atoms with Crippen LogP contribution in [0.3, 0.4) is 0 Å². The van der Waals surface area contributed by atoms with Gasteiger partial charge in [0.2, 0.25) is 5.91 Å². The van der Waals surface area contributed by atoms with Gasteiger partial charge in [-0.25, -0.2) is 4.79 Å². The fourth-order valence-corrected chi connectivity index (χ4v) is 5.00. The molecule has 3 rings (SSSR count). The van der Waals surface area contributed by atoms with Crippen LogP contribution in [0.2, 0.25) is 0 Å². The van der Waals surface area contributed by atoms with E-state index in [2.05, 4.69) is 5.32 Å². The minimum atomic E-state index is -0.153. The van der Waals surface area contributed by atoms with Crippen LogP contribution in [-0.4, -0.2) is 73.6 Å². The Morgan fingerprint density at radius 3 is 2.42 bits per heavy atom. The van der Waals surface area contributed by atoms with Gasteiger partial charge < -0.3 is 24.6 Å². The summed E-state index contributed by atoms with van der Waals surface area (Å²) >= 11 is 0. The van der Waals surface area contributed by atoms with Gasteiger partial charge in [-0.05, 0) is 63.5 Å². The van der Waals surface area contributed by atoms with Crippen molar-refractivity contribution in [2.75, 3.05) is 45.9 Å². The fraction of sp³-hybridized carbons (Fsp3) is 0.607. The second-order valence-electron chi connectivity index (χ2n) is 9.65. The molecule has 2 fully saturated rings. The van der Waals surface area contributed by atoms with Gasteiger partial charge in [0.25, 0.3) is 0 Å². The highest BCUT2D eigenvalue weighted by molar-refractivity contribution is 5.92. The molecular weight excluding hydrogens is 458 g/mol. The van der Waals surface area contributed by atoms with Gasteiger partial charge in [0.1, 0.15) is 5.75 Å². The van der Waals surface area contributed by atoms with Crippen LogP contribution >= 0.6 is 0 Å². The van der Waals surface area contributed by atoms with Crippen LogP contribution in [0, 0.1) is 5.41 Å². The number of esters is 1. The lowest BCUT2D eigenvalue weighted by molar-refractivity contribution is -0.143. The van der Waals surface area contributed by atoms with Gasteiger partial charge in [-0.3, -0.25) is 9.59 Å². The third-order valence-electron chi connectivity index (χ3n) is 7.12. The number of hydrogen-bond donors (Lipinski definition) is 1. The Hall–Kier alpha value is -3.03. The molecule has 2 aliphatic heterocycles. The Bertz CT molecular complexity index is 908. The van der Waals surface area contributed by atoms with Crippen LogP contribution in [0.15, 0.2) is 30.3 Å². The molecule has 0 aromatic heterocycles. The van der Waals surface area contributed by atoms with Gasteiger partial charge >= 0.3 is 12.0 Å². The molecule has 0 aliphatic carbocycles. The molecule has 1 aromatic carbocycles. The van der Waals surface area contributed by atoms with Gasteiger partial charge in [0, 0.05) is 50.8 Å². The maximum Gasteiger partial charge on any atom is 0.317 e. The molecule has 1 aromatic rings. The Morgan fingerprint density at radius 1 is 0.972 bits per heavy atom. The number of likely N-dealkylation sites (tertiary alicyclic amines) is 2. The van der Waals surface area contributed by atoms with E-state index in [4.69, 9.17) is 9.47 Å². The van der Waals surface area contributed by atoms with Crippen molar-refractivity contribution in [2.45, 2.75) is 58.8 Å². The second-order valence-corrected chi connectivity index (χ2v) is 9.65. The number of carbonyl (C=O) groups is 3. The summed E-state index contributed by atoms with van der Waals surface area (Å²) in [6, 6.07) is 7.71. The fourth-order valence-electron chi connectivity index (χ4n) is 5.00. The van der Waals surface area contributed by atoms with Crippen molar-refractivity contribution in [1.29, 1.82) is 0 Å². The first-order chi connectivity index (χ1) is 17.5. The number of nitrogens with one attached hydrogen (secondary N) is 1. The smallest absolute Gasteiger partial charge is 0.317 e. The standard InChI is InChI=1S/C28H41N3O5/c1-3-35-24-11-8-7-10-23(24)13-14-25(32)30-19-15-28(16-20-30)17-21-31(22-28)27(34)29-18-9-5-6-12-26(33)36-4-2/h7-8,10-11,13-14H,3-6,9,12,15-22H2,1-2H3,(H,29,34)/b14-13+. The van der Waals surface area contributed by atoms with Crippen molar-refractivity contribution in [3.8, 4) is 5.75 Å². The molecule has 3 amide bonds. The van der Waals surface area contributed by atoms with Crippen LogP contribution in [0.5, 0.6) is 5.75 Å². The number of carbonyl (C=O) groups excluding carboxylic acids is 3. The lowest BCUT2D eigenvalue weighted by Gasteiger charge is -2.38. The van der Waals surface area contributed by atoms with Crippen molar-refractivity contribution in [1.82, 2.24) is 15.1 Å². The van der Waals surface area contributed by atoms with Gasteiger partial charge in [-0.15, -0.1) is 0 Å². The SMILES string of the molecule is CCOC(=O)CCCCCNC(=O)N1CCC2(CCN(C(=O)/C=C/c3ccccc3OCC)CC2)C1. The number of ether oxygens (including phenoxy) is 2. The third kappa shape index (κ3) is 8.00. The van der Waals surface area contributed by atoms with Gasteiger partial charge in [0.15, 0.2) is 0 Å². The molecule has 0 saturated carbocycles. The third-order valence-corrected chi connectivity index (χ3v) is 7.12. The van der Waals surface area contributed by atoms with Crippen LogP contribution < -0.4 is 10.1 Å². The summed E-state index contributed by atoms with van der Waals surface area (Å²) in [4.78, 5) is 40.6. The van der Waals surface area contributed by atoms with E-state index in [9.17, 15) is 14.4 Å². The van der Waals surface area contributed by atoms with E-state index in [1.165, 1.54) is 0 Å². The maximum absolute atomic E-state index is 12.8. The molecule has 36 heavy (non-hydrogen) atoms. The molecule has 2 saturated heterocycles. The molecule has 0 atom stereocenters. The van der Waals surface area contributed by atoms with E-state index >= 15 is 0 Å². The first kappa shape index (κ1) is 27.6. The Morgan fingerprint density at radius 2 is 1.69 bits per heavy atom. The molecule has 198 valence electrons. The van der Waals surface area contributed by atoms with E-state index in [0.717, 1.165) is 62.9 Å². The minimum Gasteiger partial charge on any atom is -0.493 e. The number of nitrogens with zero attached hydrogens (tertiary/aromatic N) is 2. The summed E-state index contributed by atoms with van der Waals surface area (Å²) < 4.78 is 10.6. The summed E-state index contributed by atoms with van der Waals surface area (Å²) in [6.07, 6.45) is 9.24. The lowest BCUT2D eigenvalue weighted by atomic mass is 9.78. The number of benzene rings is 1. The van der Waals surface area contributed by atoms with Gasteiger partial charge in [-0.2, -0.15) is 0 Å². The van der Waals surface area contributed by atoms with E-state index in [1.807, 2.05) is 54.0 Å². The minimum absolute atomic E-state index is 0.00771. The average molecular weight is 500 g/mol. The zero-order chi connectivity index (χ0) is 25.8. The maximum atomic E-state index is 12.8.